The standard InChI is InChI=1S/C31H22.C19H17N.C6H6.CH5N/c1-3-11-23(12-4-1)24-19-21-26(22-20-24)31(25-13-5-2-6-14-25)29-17-9-7-15-27(29)28-16-8-10-18-30(28)31;1-15-9-8-14-18(20-17-12-6-3-7-13-17)19(15)16-10-4-2-5-11-16;1-2-4-6-5-3-1;1-2/h1-22H;2-14,20H,1H3;1-6H;2H2,1H3. The molecule has 0 heterocycles. The van der Waals surface area contributed by atoms with Gasteiger partial charge in [-0.1, -0.05) is 231 Å². The Balaban J connectivity index is 0.000000161. The number of nitrogens with two attached hydrogens (primary N) is 1. The Bertz CT molecular complexity index is 2550. The van der Waals surface area contributed by atoms with Gasteiger partial charge in [-0.05, 0) is 87.8 Å². The van der Waals surface area contributed by atoms with E-state index in [1.54, 1.807) is 0 Å². The number of anilines is 2. The fourth-order valence-corrected chi connectivity index (χ4v) is 8.08. The highest BCUT2D eigenvalue weighted by atomic mass is 14.9. The highest BCUT2D eigenvalue weighted by molar-refractivity contribution is 5.86. The van der Waals surface area contributed by atoms with E-state index in [1.165, 1.54) is 68.2 Å². The average Bonchev–Trinajstić information content (AvgIpc) is 3.63. The lowest BCUT2D eigenvalue weighted by atomic mass is 9.67. The van der Waals surface area contributed by atoms with E-state index in [0.29, 0.717) is 0 Å². The first-order chi connectivity index (χ1) is 29.2. The molecule has 2 heteroatoms. The van der Waals surface area contributed by atoms with Gasteiger partial charge in [0.05, 0.1) is 5.41 Å². The number of fused-ring (bicyclic) bond motifs is 3. The second-order valence-corrected chi connectivity index (χ2v) is 14.2. The Kier molecular flexibility index (Phi) is 13.4. The molecule has 0 aromatic heterocycles. The summed E-state index contributed by atoms with van der Waals surface area (Å²) in [5.41, 5.74) is 20.7. The predicted octanol–water partition coefficient (Wildman–Crippen LogP) is 14.4. The van der Waals surface area contributed by atoms with Gasteiger partial charge in [-0.25, -0.2) is 0 Å². The van der Waals surface area contributed by atoms with Crippen LogP contribution in [0.5, 0.6) is 0 Å². The van der Waals surface area contributed by atoms with Crippen LogP contribution in [-0.4, -0.2) is 7.05 Å². The maximum atomic E-state index is 4.50. The van der Waals surface area contributed by atoms with Gasteiger partial charge < -0.3 is 11.1 Å². The number of rotatable bonds is 6. The smallest absolute Gasteiger partial charge is 0.0713 e. The second kappa shape index (κ2) is 19.7. The van der Waals surface area contributed by atoms with E-state index >= 15 is 0 Å². The van der Waals surface area contributed by atoms with Crippen LogP contribution < -0.4 is 11.1 Å². The fourth-order valence-electron chi connectivity index (χ4n) is 8.08. The zero-order valence-corrected chi connectivity index (χ0v) is 33.7. The summed E-state index contributed by atoms with van der Waals surface area (Å²) >= 11 is 0. The van der Waals surface area contributed by atoms with Crippen LogP contribution in [0.3, 0.4) is 0 Å². The minimum atomic E-state index is -0.316. The van der Waals surface area contributed by atoms with Crippen molar-refractivity contribution in [2.24, 2.45) is 5.73 Å². The highest BCUT2D eigenvalue weighted by Gasteiger charge is 2.45. The molecule has 59 heavy (non-hydrogen) atoms. The van der Waals surface area contributed by atoms with Crippen LogP contribution in [0.25, 0.3) is 33.4 Å². The van der Waals surface area contributed by atoms with Crippen LogP contribution in [0.2, 0.25) is 0 Å². The minimum absolute atomic E-state index is 0.316. The molecule has 10 rings (SSSR count). The van der Waals surface area contributed by atoms with Crippen molar-refractivity contribution >= 4 is 11.4 Å². The lowest BCUT2D eigenvalue weighted by Gasteiger charge is -2.34. The van der Waals surface area contributed by atoms with Crippen LogP contribution in [0.15, 0.2) is 249 Å². The van der Waals surface area contributed by atoms with Crippen molar-refractivity contribution in [2.75, 3.05) is 12.4 Å². The van der Waals surface area contributed by atoms with Crippen LogP contribution in [0.4, 0.5) is 11.4 Å². The van der Waals surface area contributed by atoms with E-state index in [1.807, 2.05) is 60.7 Å². The van der Waals surface area contributed by atoms with Crippen molar-refractivity contribution in [3.05, 3.63) is 277 Å². The van der Waals surface area contributed by atoms with Gasteiger partial charge in [0.15, 0.2) is 0 Å². The number of benzene rings is 9. The van der Waals surface area contributed by atoms with E-state index in [4.69, 9.17) is 0 Å². The van der Waals surface area contributed by atoms with E-state index < -0.39 is 0 Å². The van der Waals surface area contributed by atoms with Crippen LogP contribution in [0.1, 0.15) is 27.8 Å². The summed E-state index contributed by atoms with van der Waals surface area (Å²) in [5.74, 6) is 0. The lowest BCUT2D eigenvalue weighted by molar-refractivity contribution is 0.768. The van der Waals surface area contributed by atoms with E-state index in [0.717, 1.165) is 11.4 Å². The normalized spacial score (nSPS) is 11.4. The Labute approximate surface area is 350 Å². The summed E-state index contributed by atoms with van der Waals surface area (Å²) in [4.78, 5) is 0. The molecule has 288 valence electrons. The first-order valence-corrected chi connectivity index (χ1v) is 20.2. The third kappa shape index (κ3) is 8.84. The molecule has 0 bridgehead atoms. The largest absolute Gasteiger partial charge is 0.355 e. The van der Waals surface area contributed by atoms with Crippen LogP contribution in [-0.2, 0) is 5.41 Å². The molecule has 0 saturated heterocycles. The SMILES string of the molecule is CN.Cc1cccc(Nc2ccccc2)c1-c1ccccc1.c1ccc(-c2ccc(C3(c4ccccc4)c4ccccc4-c4ccccc43)cc2)cc1.c1ccccc1. The monoisotopic (exact) mass is 762 g/mol. The molecule has 0 atom stereocenters. The Morgan fingerprint density at radius 2 is 0.729 bits per heavy atom. The van der Waals surface area contributed by atoms with Gasteiger partial charge in [-0.3, -0.25) is 0 Å². The fraction of sp³-hybridized carbons (Fsp3) is 0.0526. The molecule has 9 aromatic carbocycles. The lowest BCUT2D eigenvalue weighted by Crippen LogP contribution is -2.28. The van der Waals surface area contributed by atoms with Crippen molar-refractivity contribution < 1.29 is 0 Å². The van der Waals surface area contributed by atoms with E-state index in [-0.39, 0.29) is 5.41 Å². The molecular weight excluding hydrogens is 713 g/mol. The van der Waals surface area contributed by atoms with Gasteiger partial charge in [0.2, 0.25) is 0 Å². The first-order valence-electron chi connectivity index (χ1n) is 20.2. The third-order valence-corrected chi connectivity index (χ3v) is 10.6. The van der Waals surface area contributed by atoms with Crippen molar-refractivity contribution in [3.8, 4) is 33.4 Å². The third-order valence-electron chi connectivity index (χ3n) is 10.6. The Morgan fingerprint density at radius 1 is 0.339 bits per heavy atom. The van der Waals surface area contributed by atoms with Gasteiger partial charge in [-0.2, -0.15) is 0 Å². The van der Waals surface area contributed by atoms with E-state index in [9.17, 15) is 0 Å². The van der Waals surface area contributed by atoms with Gasteiger partial charge in [0, 0.05) is 16.9 Å². The average molecular weight is 763 g/mol. The van der Waals surface area contributed by atoms with Gasteiger partial charge >= 0.3 is 0 Å². The number of aryl methyl sites for hydroxylation is 1. The molecule has 1 aliphatic rings. The molecule has 1 aliphatic carbocycles. The molecule has 0 fully saturated rings. The number of nitrogens with one attached hydrogen (secondary N) is 1. The molecule has 0 amide bonds. The Morgan fingerprint density at radius 3 is 1.25 bits per heavy atom. The highest BCUT2D eigenvalue weighted by Crippen LogP contribution is 2.56. The zero-order valence-electron chi connectivity index (χ0n) is 33.7. The summed E-state index contributed by atoms with van der Waals surface area (Å²) in [6.45, 7) is 2.15. The summed E-state index contributed by atoms with van der Waals surface area (Å²) in [5, 5.41) is 3.51. The van der Waals surface area contributed by atoms with Crippen LogP contribution >= 0.6 is 0 Å². The first kappa shape index (κ1) is 40.0. The molecule has 0 spiro atoms. The minimum Gasteiger partial charge on any atom is -0.355 e. The number of hydrogen-bond donors (Lipinski definition) is 2. The Hall–Kier alpha value is -7.26. The quantitative estimate of drug-likeness (QED) is 0.177. The molecule has 0 radical (unpaired) electrons. The molecule has 0 aliphatic heterocycles. The van der Waals surface area contributed by atoms with E-state index in [2.05, 4.69) is 206 Å². The van der Waals surface area contributed by atoms with Crippen LogP contribution in [0, 0.1) is 6.92 Å². The van der Waals surface area contributed by atoms with Gasteiger partial charge in [0.1, 0.15) is 0 Å². The molecule has 0 unspecified atom stereocenters. The van der Waals surface area contributed by atoms with Crippen molar-refractivity contribution in [2.45, 2.75) is 12.3 Å². The maximum absolute atomic E-state index is 4.50. The maximum Gasteiger partial charge on any atom is 0.0713 e. The van der Waals surface area contributed by atoms with Gasteiger partial charge in [-0.15, -0.1) is 0 Å². The molecule has 3 N–H and O–H groups in total. The van der Waals surface area contributed by atoms with Crippen molar-refractivity contribution in [3.63, 3.8) is 0 Å². The molecule has 2 nitrogen and oxygen atoms in total. The number of hydrogen-bond acceptors (Lipinski definition) is 2. The summed E-state index contributed by atoms with van der Waals surface area (Å²) in [7, 11) is 1.50. The molecule has 0 saturated carbocycles. The summed E-state index contributed by atoms with van der Waals surface area (Å²) < 4.78 is 0. The van der Waals surface area contributed by atoms with Gasteiger partial charge in [0.25, 0.3) is 0 Å². The summed E-state index contributed by atoms with van der Waals surface area (Å²) in [6, 6.07) is 87.6. The second-order valence-electron chi connectivity index (χ2n) is 14.2. The summed E-state index contributed by atoms with van der Waals surface area (Å²) in [6.07, 6.45) is 0. The molecular formula is C57H50N2. The zero-order chi connectivity index (χ0) is 40.7. The van der Waals surface area contributed by atoms with Crippen molar-refractivity contribution in [1.82, 2.24) is 0 Å². The number of para-hydroxylation sites is 1. The predicted molar refractivity (Wildman–Crippen MR) is 252 cm³/mol. The topological polar surface area (TPSA) is 38.0 Å². The molecule has 9 aromatic rings. The van der Waals surface area contributed by atoms with Crippen molar-refractivity contribution in [1.29, 1.82) is 0 Å².